The molecule has 1 aliphatic rings. The fourth-order valence-corrected chi connectivity index (χ4v) is 3.75. The summed E-state index contributed by atoms with van der Waals surface area (Å²) < 4.78 is 0. The number of aryl methyl sites for hydroxylation is 1. The average Bonchev–Trinajstić information content (AvgIpc) is 2.65. The molecule has 0 spiro atoms. The van der Waals surface area contributed by atoms with E-state index in [1.54, 1.807) is 0 Å². The lowest BCUT2D eigenvalue weighted by Gasteiger charge is -2.26. The third kappa shape index (κ3) is 8.01. The number of nitrogens with one attached hydrogen (secondary N) is 1. The summed E-state index contributed by atoms with van der Waals surface area (Å²) >= 11 is 0. The van der Waals surface area contributed by atoms with Crippen molar-refractivity contribution < 1.29 is 9.90 Å². The second-order valence-corrected chi connectivity index (χ2v) is 7.87. The largest absolute Gasteiger partial charge is 0.393 e. The molecule has 0 radical (unpaired) electrons. The normalized spacial score (nSPS) is 20.2. The Balaban J connectivity index is 1.62. The summed E-state index contributed by atoms with van der Waals surface area (Å²) in [5, 5.41) is 12.9. The van der Waals surface area contributed by atoms with Crippen molar-refractivity contribution in [3.8, 4) is 0 Å². The minimum atomic E-state index is -0.334. The molecular weight excluding hydrogens is 322 g/mol. The van der Waals surface area contributed by atoms with Gasteiger partial charge >= 0.3 is 0 Å². The lowest BCUT2D eigenvalue weighted by Crippen LogP contribution is -2.45. The van der Waals surface area contributed by atoms with E-state index in [2.05, 4.69) is 36.5 Å². The average molecular weight is 360 g/mol. The Morgan fingerprint density at radius 2 is 1.62 bits per heavy atom. The predicted molar refractivity (Wildman–Crippen MR) is 108 cm³/mol. The zero-order valence-electron chi connectivity index (χ0n) is 16.5. The molecule has 0 aromatic heterocycles. The van der Waals surface area contributed by atoms with Gasteiger partial charge in [0.15, 0.2) is 5.78 Å². The molecule has 0 amide bonds. The molecule has 26 heavy (non-hydrogen) atoms. The molecule has 1 aromatic rings. The second kappa shape index (κ2) is 12.2. The van der Waals surface area contributed by atoms with Crippen molar-refractivity contribution in [3.05, 3.63) is 35.4 Å². The van der Waals surface area contributed by atoms with Crippen LogP contribution in [0.3, 0.4) is 0 Å². The third-order valence-electron chi connectivity index (χ3n) is 5.49. The van der Waals surface area contributed by atoms with Crippen molar-refractivity contribution >= 4 is 5.78 Å². The maximum atomic E-state index is 12.4. The summed E-state index contributed by atoms with van der Waals surface area (Å²) in [6.07, 6.45) is 13.4. The van der Waals surface area contributed by atoms with Crippen LogP contribution in [0, 0.1) is 0 Å². The maximum absolute atomic E-state index is 12.4. The molecule has 0 saturated carbocycles. The summed E-state index contributed by atoms with van der Waals surface area (Å²) in [5.41, 5.74) is 2.45. The first-order chi connectivity index (χ1) is 12.7. The van der Waals surface area contributed by atoms with Gasteiger partial charge in [-0.3, -0.25) is 4.79 Å². The first kappa shape index (κ1) is 21.1. The Labute approximate surface area is 159 Å². The van der Waals surface area contributed by atoms with E-state index in [1.165, 1.54) is 56.9 Å². The molecule has 2 N–H and O–H groups in total. The molecule has 2 rings (SSSR count). The summed E-state index contributed by atoms with van der Waals surface area (Å²) in [6.45, 7) is 2.99. The lowest BCUT2D eigenvalue weighted by molar-refractivity contribution is -0.121. The van der Waals surface area contributed by atoms with Crippen LogP contribution in [0.1, 0.15) is 82.3 Å². The molecule has 0 unspecified atom stereocenters. The lowest BCUT2D eigenvalue weighted by atomic mass is 9.94. The predicted octanol–water partition coefficient (Wildman–Crippen LogP) is 4.59. The highest BCUT2D eigenvalue weighted by Crippen LogP contribution is 2.15. The van der Waals surface area contributed by atoms with Crippen molar-refractivity contribution in [2.75, 3.05) is 6.54 Å². The van der Waals surface area contributed by atoms with Crippen LogP contribution in [0.15, 0.2) is 24.3 Å². The van der Waals surface area contributed by atoms with Crippen LogP contribution in [0.25, 0.3) is 0 Å². The van der Waals surface area contributed by atoms with Gasteiger partial charge in [0.1, 0.15) is 0 Å². The van der Waals surface area contributed by atoms with Crippen molar-refractivity contribution in [2.24, 2.45) is 0 Å². The Morgan fingerprint density at radius 3 is 2.27 bits per heavy atom. The number of aliphatic hydroxyl groups is 1. The van der Waals surface area contributed by atoms with Crippen LogP contribution in [0.2, 0.25) is 0 Å². The number of benzene rings is 1. The molecule has 3 nitrogen and oxygen atoms in total. The highest BCUT2D eigenvalue weighted by Gasteiger charge is 2.25. The minimum Gasteiger partial charge on any atom is -0.393 e. The van der Waals surface area contributed by atoms with Gasteiger partial charge in [-0.2, -0.15) is 0 Å². The van der Waals surface area contributed by atoms with E-state index in [9.17, 15) is 9.90 Å². The Bertz CT molecular complexity index is 511. The molecule has 1 aromatic carbocycles. The zero-order chi connectivity index (χ0) is 18.6. The van der Waals surface area contributed by atoms with Crippen molar-refractivity contribution in [1.82, 2.24) is 5.32 Å². The van der Waals surface area contributed by atoms with Gasteiger partial charge in [0, 0.05) is 6.42 Å². The summed E-state index contributed by atoms with van der Waals surface area (Å²) in [6, 6.07) is 8.35. The van der Waals surface area contributed by atoms with E-state index >= 15 is 0 Å². The highest BCUT2D eigenvalue weighted by atomic mass is 16.3. The molecule has 2 atom stereocenters. The fraction of sp³-hybridized carbons (Fsp3) is 0.696. The molecule has 1 saturated heterocycles. The van der Waals surface area contributed by atoms with E-state index in [0.29, 0.717) is 12.8 Å². The van der Waals surface area contributed by atoms with Gasteiger partial charge in [-0.1, -0.05) is 76.1 Å². The molecule has 1 heterocycles. The van der Waals surface area contributed by atoms with E-state index in [0.717, 1.165) is 24.9 Å². The van der Waals surface area contributed by atoms with Crippen molar-refractivity contribution in [1.29, 1.82) is 0 Å². The van der Waals surface area contributed by atoms with Crippen LogP contribution >= 0.6 is 0 Å². The molecule has 1 fully saturated rings. The monoisotopic (exact) mass is 359 g/mol. The number of ketones is 1. The van der Waals surface area contributed by atoms with Gasteiger partial charge in [0.2, 0.25) is 0 Å². The SMILES string of the molecule is CCCCCCCCCCc1ccc(CC(=O)[C@H]2C[C@H](O)CCN2)cc1. The van der Waals surface area contributed by atoms with Crippen molar-refractivity contribution in [2.45, 2.75) is 96.1 Å². The number of piperidine rings is 1. The third-order valence-corrected chi connectivity index (χ3v) is 5.49. The second-order valence-electron chi connectivity index (χ2n) is 7.87. The van der Waals surface area contributed by atoms with Crippen LogP contribution < -0.4 is 5.32 Å². The number of carbonyl (C=O) groups excluding carboxylic acids is 1. The minimum absolute atomic E-state index is 0.184. The molecule has 146 valence electrons. The van der Waals surface area contributed by atoms with Crippen LogP contribution in [0.4, 0.5) is 0 Å². The van der Waals surface area contributed by atoms with E-state index < -0.39 is 0 Å². The molecule has 0 bridgehead atoms. The first-order valence-corrected chi connectivity index (χ1v) is 10.7. The Kier molecular flexibility index (Phi) is 9.94. The van der Waals surface area contributed by atoms with Gasteiger partial charge in [-0.15, -0.1) is 0 Å². The van der Waals surface area contributed by atoms with E-state index in [4.69, 9.17) is 0 Å². The quantitative estimate of drug-likeness (QED) is 0.537. The molecule has 0 aliphatic carbocycles. The number of hydrogen-bond donors (Lipinski definition) is 2. The van der Waals surface area contributed by atoms with Gasteiger partial charge in [0.05, 0.1) is 12.1 Å². The number of hydrogen-bond acceptors (Lipinski definition) is 3. The molecule has 3 heteroatoms. The number of aliphatic hydroxyl groups excluding tert-OH is 1. The Morgan fingerprint density at radius 1 is 1.00 bits per heavy atom. The number of rotatable bonds is 12. The van der Waals surface area contributed by atoms with Gasteiger partial charge in [-0.05, 0) is 43.4 Å². The number of Topliss-reactive ketones (excluding diaryl/α,β-unsaturated/α-hetero) is 1. The smallest absolute Gasteiger partial charge is 0.154 e. The molecule has 1 aliphatic heterocycles. The molecular formula is C23H37NO2. The van der Waals surface area contributed by atoms with Crippen LogP contribution in [-0.4, -0.2) is 29.6 Å². The summed E-state index contributed by atoms with van der Waals surface area (Å²) in [7, 11) is 0. The van der Waals surface area contributed by atoms with E-state index in [-0.39, 0.29) is 17.9 Å². The zero-order valence-corrected chi connectivity index (χ0v) is 16.5. The summed E-state index contributed by atoms with van der Waals surface area (Å²) in [4.78, 5) is 12.4. The topological polar surface area (TPSA) is 49.3 Å². The number of unbranched alkanes of at least 4 members (excludes halogenated alkanes) is 7. The standard InChI is InChI=1S/C23H37NO2/c1-2-3-4-5-6-7-8-9-10-19-11-13-20(14-12-19)17-23(26)22-18-21(25)15-16-24-22/h11-14,21-22,24-25H,2-10,15-18H2,1H3/t21-,22-/m1/s1. The highest BCUT2D eigenvalue weighted by molar-refractivity contribution is 5.86. The van der Waals surface area contributed by atoms with Gasteiger partial charge < -0.3 is 10.4 Å². The van der Waals surface area contributed by atoms with Gasteiger partial charge in [0.25, 0.3) is 0 Å². The van der Waals surface area contributed by atoms with Gasteiger partial charge in [-0.25, -0.2) is 0 Å². The number of carbonyl (C=O) groups is 1. The summed E-state index contributed by atoms with van der Waals surface area (Å²) in [5.74, 6) is 0.194. The van der Waals surface area contributed by atoms with E-state index in [1.807, 2.05) is 0 Å². The first-order valence-electron chi connectivity index (χ1n) is 10.7. The fourth-order valence-electron chi connectivity index (χ4n) is 3.75. The van der Waals surface area contributed by atoms with Crippen LogP contribution in [-0.2, 0) is 17.6 Å². The Hall–Kier alpha value is -1.19. The van der Waals surface area contributed by atoms with Crippen LogP contribution in [0.5, 0.6) is 0 Å². The maximum Gasteiger partial charge on any atom is 0.154 e. The van der Waals surface area contributed by atoms with Crippen molar-refractivity contribution in [3.63, 3.8) is 0 Å².